The summed E-state index contributed by atoms with van der Waals surface area (Å²) in [5, 5.41) is 1.33. The van der Waals surface area contributed by atoms with Gasteiger partial charge in [0.25, 0.3) is 5.91 Å². The summed E-state index contributed by atoms with van der Waals surface area (Å²) < 4.78 is 5.68. The van der Waals surface area contributed by atoms with Crippen LogP contribution in [0.4, 0.5) is 11.4 Å². The third-order valence-corrected chi connectivity index (χ3v) is 6.76. The number of ether oxygens (including phenoxy) is 1. The number of halogens is 1. The quantitative estimate of drug-likeness (QED) is 0.661. The number of aliphatic imine (C=N–C) groups is 1. The molecule has 2 aromatic rings. The number of hydrogen-bond acceptors (Lipinski definition) is 5. The number of para-hydroxylation sites is 2. The van der Waals surface area contributed by atoms with Crippen LogP contribution in [0.5, 0.6) is 5.75 Å². The number of hydrogen-bond donors (Lipinski definition) is 0. The van der Waals surface area contributed by atoms with Crippen molar-refractivity contribution in [2.24, 2.45) is 4.99 Å². The second-order valence-electron chi connectivity index (χ2n) is 7.54. The first kappa shape index (κ1) is 21.7. The standard InChI is InChI=1S/C23H24ClN3O3S/c1-15-8-9-17(14-18(15)24)25-23-27(11-5-13-31-23)21(28)10-12-26-19-6-3-4-7-20(19)30-16(2)22(26)29/h3-4,6-9,14,16H,5,10-13H2,1-2H3. The zero-order chi connectivity index (χ0) is 22.0. The smallest absolute Gasteiger partial charge is 0.267 e. The number of carbonyl (C=O) groups excluding carboxylic acids is 2. The number of carbonyl (C=O) groups is 2. The lowest BCUT2D eigenvalue weighted by Crippen LogP contribution is -2.47. The summed E-state index contributed by atoms with van der Waals surface area (Å²) in [5.74, 6) is 1.39. The van der Waals surface area contributed by atoms with Crippen LogP contribution < -0.4 is 9.64 Å². The average Bonchev–Trinajstić information content (AvgIpc) is 2.77. The van der Waals surface area contributed by atoms with E-state index >= 15 is 0 Å². The monoisotopic (exact) mass is 457 g/mol. The second kappa shape index (κ2) is 9.32. The van der Waals surface area contributed by atoms with Crippen LogP contribution in [0.3, 0.4) is 0 Å². The normalized spacial score (nSPS) is 19.9. The number of rotatable bonds is 4. The Morgan fingerprint density at radius 2 is 2.10 bits per heavy atom. The van der Waals surface area contributed by atoms with E-state index in [1.165, 1.54) is 0 Å². The van der Waals surface area contributed by atoms with Crippen LogP contribution in [0, 0.1) is 6.92 Å². The van der Waals surface area contributed by atoms with Crippen molar-refractivity contribution in [3.63, 3.8) is 0 Å². The van der Waals surface area contributed by atoms with Gasteiger partial charge < -0.3 is 9.64 Å². The van der Waals surface area contributed by atoms with Crippen molar-refractivity contribution in [1.29, 1.82) is 0 Å². The van der Waals surface area contributed by atoms with Gasteiger partial charge in [0.2, 0.25) is 5.91 Å². The minimum absolute atomic E-state index is 0.0476. The summed E-state index contributed by atoms with van der Waals surface area (Å²) >= 11 is 7.80. The van der Waals surface area contributed by atoms with Gasteiger partial charge in [0, 0.05) is 30.3 Å². The van der Waals surface area contributed by atoms with Gasteiger partial charge in [-0.3, -0.25) is 14.5 Å². The molecule has 0 spiro atoms. The molecule has 0 saturated carbocycles. The molecular weight excluding hydrogens is 434 g/mol. The highest BCUT2D eigenvalue weighted by molar-refractivity contribution is 8.13. The van der Waals surface area contributed by atoms with E-state index in [1.54, 1.807) is 28.5 Å². The molecule has 0 N–H and O–H groups in total. The van der Waals surface area contributed by atoms with E-state index in [-0.39, 0.29) is 18.2 Å². The van der Waals surface area contributed by atoms with Crippen molar-refractivity contribution >= 4 is 51.7 Å². The molecule has 2 aromatic carbocycles. The molecule has 0 bridgehead atoms. The average molecular weight is 458 g/mol. The third kappa shape index (κ3) is 4.72. The van der Waals surface area contributed by atoms with Gasteiger partial charge >= 0.3 is 0 Å². The zero-order valence-corrected chi connectivity index (χ0v) is 19.1. The van der Waals surface area contributed by atoms with E-state index in [4.69, 9.17) is 16.3 Å². The van der Waals surface area contributed by atoms with E-state index in [0.29, 0.717) is 34.7 Å². The Hall–Kier alpha value is -2.51. The van der Waals surface area contributed by atoms with E-state index < -0.39 is 6.10 Å². The third-order valence-electron chi connectivity index (χ3n) is 5.29. The zero-order valence-electron chi connectivity index (χ0n) is 17.5. The summed E-state index contributed by atoms with van der Waals surface area (Å²) in [4.78, 5) is 33.8. The Bertz CT molecular complexity index is 1040. The fourth-order valence-electron chi connectivity index (χ4n) is 3.58. The van der Waals surface area contributed by atoms with Crippen LogP contribution in [-0.4, -0.2) is 46.8 Å². The predicted octanol–water partition coefficient (Wildman–Crippen LogP) is 4.81. The van der Waals surface area contributed by atoms with Crippen LogP contribution in [-0.2, 0) is 9.59 Å². The SMILES string of the molecule is Cc1ccc(N=C2SCCCN2C(=O)CCN2C(=O)C(C)Oc3ccccc32)cc1Cl. The Balaban J connectivity index is 1.50. The highest BCUT2D eigenvalue weighted by Gasteiger charge is 2.32. The fourth-order valence-corrected chi connectivity index (χ4v) is 4.73. The molecule has 1 fully saturated rings. The largest absolute Gasteiger partial charge is 0.479 e. The number of amides is 2. The molecule has 0 aliphatic carbocycles. The van der Waals surface area contributed by atoms with Gasteiger partial charge in [-0.2, -0.15) is 0 Å². The van der Waals surface area contributed by atoms with E-state index in [9.17, 15) is 9.59 Å². The van der Waals surface area contributed by atoms with Gasteiger partial charge in [0.15, 0.2) is 11.3 Å². The van der Waals surface area contributed by atoms with Crippen molar-refractivity contribution in [2.45, 2.75) is 32.8 Å². The maximum absolute atomic E-state index is 13.1. The fraction of sp³-hybridized carbons (Fsp3) is 0.348. The highest BCUT2D eigenvalue weighted by Crippen LogP contribution is 2.34. The summed E-state index contributed by atoms with van der Waals surface area (Å²) in [7, 11) is 0. The molecule has 2 aliphatic heterocycles. The van der Waals surface area contributed by atoms with Gasteiger partial charge in [-0.15, -0.1) is 0 Å². The Morgan fingerprint density at radius 3 is 2.90 bits per heavy atom. The van der Waals surface area contributed by atoms with Gasteiger partial charge in [-0.1, -0.05) is 41.6 Å². The number of benzene rings is 2. The molecular formula is C23H24ClN3O3S. The van der Waals surface area contributed by atoms with Crippen molar-refractivity contribution < 1.29 is 14.3 Å². The topological polar surface area (TPSA) is 62.2 Å². The van der Waals surface area contributed by atoms with Crippen LogP contribution in [0.25, 0.3) is 0 Å². The minimum atomic E-state index is -0.570. The molecule has 1 saturated heterocycles. The Morgan fingerprint density at radius 1 is 1.29 bits per heavy atom. The summed E-state index contributed by atoms with van der Waals surface area (Å²) in [6, 6.07) is 13.0. The van der Waals surface area contributed by atoms with Crippen LogP contribution in [0.1, 0.15) is 25.3 Å². The van der Waals surface area contributed by atoms with Crippen molar-refractivity contribution in [3.05, 3.63) is 53.1 Å². The molecule has 0 radical (unpaired) electrons. The number of aryl methyl sites for hydroxylation is 1. The van der Waals surface area contributed by atoms with Gasteiger partial charge in [-0.25, -0.2) is 4.99 Å². The maximum atomic E-state index is 13.1. The number of amidine groups is 1. The molecule has 162 valence electrons. The molecule has 2 amide bonds. The lowest BCUT2D eigenvalue weighted by Gasteiger charge is -2.34. The van der Waals surface area contributed by atoms with Crippen molar-refractivity contribution in [3.8, 4) is 5.75 Å². The molecule has 2 heterocycles. The van der Waals surface area contributed by atoms with Crippen molar-refractivity contribution in [2.75, 3.05) is 23.7 Å². The Labute approximate surface area is 191 Å². The first-order chi connectivity index (χ1) is 14.9. The number of nitrogens with zero attached hydrogens (tertiary/aromatic N) is 3. The Kier molecular flexibility index (Phi) is 6.53. The minimum Gasteiger partial charge on any atom is -0.479 e. The van der Waals surface area contributed by atoms with Crippen LogP contribution in [0.2, 0.25) is 5.02 Å². The molecule has 31 heavy (non-hydrogen) atoms. The maximum Gasteiger partial charge on any atom is 0.267 e. The van der Waals surface area contributed by atoms with Gasteiger partial charge in [0.1, 0.15) is 5.75 Å². The first-order valence-corrected chi connectivity index (χ1v) is 11.7. The molecule has 2 aliphatic rings. The number of anilines is 1. The molecule has 6 nitrogen and oxygen atoms in total. The van der Waals surface area contributed by atoms with Crippen LogP contribution >= 0.6 is 23.4 Å². The number of fused-ring (bicyclic) bond motifs is 1. The van der Waals surface area contributed by atoms with E-state index in [2.05, 4.69) is 4.99 Å². The lowest BCUT2D eigenvalue weighted by atomic mass is 10.1. The molecule has 4 rings (SSSR count). The van der Waals surface area contributed by atoms with Gasteiger partial charge in [0.05, 0.1) is 11.4 Å². The molecule has 0 aromatic heterocycles. The predicted molar refractivity (Wildman–Crippen MR) is 126 cm³/mol. The van der Waals surface area contributed by atoms with E-state index in [0.717, 1.165) is 23.4 Å². The molecule has 8 heteroatoms. The van der Waals surface area contributed by atoms with Crippen LogP contribution in [0.15, 0.2) is 47.5 Å². The molecule has 1 atom stereocenters. The second-order valence-corrected chi connectivity index (χ2v) is 9.01. The number of thioether (sulfide) groups is 1. The summed E-state index contributed by atoms with van der Waals surface area (Å²) in [6.45, 7) is 4.59. The van der Waals surface area contributed by atoms with Gasteiger partial charge in [-0.05, 0) is 50.1 Å². The summed E-state index contributed by atoms with van der Waals surface area (Å²) in [5.41, 5.74) is 2.41. The molecule has 1 unspecified atom stereocenters. The lowest BCUT2D eigenvalue weighted by molar-refractivity contribution is -0.127. The summed E-state index contributed by atoms with van der Waals surface area (Å²) in [6.07, 6.45) is 0.542. The van der Waals surface area contributed by atoms with Crippen molar-refractivity contribution in [1.82, 2.24) is 4.90 Å². The van der Waals surface area contributed by atoms with E-state index in [1.807, 2.05) is 49.4 Å². The first-order valence-electron chi connectivity index (χ1n) is 10.3. The highest BCUT2D eigenvalue weighted by atomic mass is 35.5.